The molecule has 2 aromatic rings. The Hall–Kier alpha value is -2.71. The number of anilines is 1. The van der Waals surface area contributed by atoms with E-state index < -0.39 is 23.7 Å². The normalized spacial score (nSPS) is 17.7. The molecule has 1 amide bonds. The summed E-state index contributed by atoms with van der Waals surface area (Å²) in [5.41, 5.74) is 6.53. The quantitative estimate of drug-likeness (QED) is 0.899. The summed E-state index contributed by atoms with van der Waals surface area (Å²) in [7, 11) is 1.63. The number of nitrogens with two attached hydrogens (primary N) is 1. The van der Waals surface area contributed by atoms with Crippen molar-refractivity contribution in [3.63, 3.8) is 0 Å². The molecule has 2 heterocycles. The topological polar surface area (TPSA) is 73.3 Å². The smallest absolute Gasteiger partial charge is 0.393 e. The Balaban J connectivity index is 1.94. The number of benzene rings is 1. The fourth-order valence-corrected chi connectivity index (χ4v) is 3.47. The molecule has 0 unspecified atom stereocenters. The molecule has 1 aliphatic rings. The van der Waals surface area contributed by atoms with Gasteiger partial charge in [0.1, 0.15) is 5.69 Å². The van der Waals surface area contributed by atoms with Crippen LogP contribution in [0.15, 0.2) is 35.1 Å². The number of carbonyl (C=O) groups excluding carboxylic acids is 1. The van der Waals surface area contributed by atoms with Crippen LogP contribution in [-0.2, 0) is 18.3 Å². The Morgan fingerprint density at radius 2 is 1.92 bits per heavy atom. The molecule has 1 atom stereocenters. The SMILES string of the molecule is Cn1c(C[C@H]2CCCN2C(=O)C(F)(F)F)c(N)c(=O)n1-c1ccccc1. The maximum Gasteiger partial charge on any atom is 0.471 e. The van der Waals surface area contributed by atoms with Gasteiger partial charge in [-0.15, -0.1) is 0 Å². The van der Waals surface area contributed by atoms with Gasteiger partial charge in [0, 0.05) is 26.1 Å². The van der Waals surface area contributed by atoms with E-state index in [1.807, 2.05) is 0 Å². The highest BCUT2D eigenvalue weighted by Crippen LogP contribution is 2.28. The number of likely N-dealkylation sites (tertiary alicyclic amines) is 1. The van der Waals surface area contributed by atoms with E-state index in [9.17, 15) is 22.8 Å². The van der Waals surface area contributed by atoms with Gasteiger partial charge >= 0.3 is 12.1 Å². The third kappa shape index (κ3) is 3.09. The molecular weight excluding hydrogens is 349 g/mol. The molecule has 26 heavy (non-hydrogen) atoms. The zero-order chi connectivity index (χ0) is 19.1. The number of nitrogen functional groups attached to an aromatic ring is 1. The summed E-state index contributed by atoms with van der Waals surface area (Å²) in [6.45, 7) is 0.0518. The van der Waals surface area contributed by atoms with E-state index in [4.69, 9.17) is 5.73 Å². The second-order valence-electron chi connectivity index (χ2n) is 6.33. The number of halogens is 3. The van der Waals surface area contributed by atoms with Crippen LogP contribution in [0.3, 0.4) is 0 Å². The summed E-state index contributed by atoms with van der Waals surface area (Å²) in [6.07, 6.45) is -3.89. The highest BCUT2D eigenvalue weighted by molar-refractivity contribution is 5.82. The Bertz CT molecular complexity index is 871. The van der Waals surface area contributed by atoms with Gasteiger partial charge < -0.3 is 10.6 Å². The maximum absolute atomic E-state index is 12.8. The molecule has 2 N–H and O–H groups in total. The van der Waals surface area contributed by atoms with Crippen molar-refractivity contribution in [2.45, 2.75) is 31.5 Å². The molecular formula is C17H19F3N4O2. The predicted molar refractivity (Wildman–Crippen MR) is 89.9 cm³/mol. The zero-order valence-corrected chi connectivity index (χ0v) is 14.2. The molecule has 140 valence electrons. The largest absolute Gasteiger partial charge is 0.471 e. The first-order chi connectivity index (χ1) is 12.2. The van der Waals surface area contributed by atoms with E-state index in [2.05, 4.69) is 0 Å². The lowest BCUT2D eigenvalue weighted by atomic mass is 10.1. The highest BCUT2D eigenvalue weighted by Gasteiger charge is 2.46. The van der Waals surface area contributed by atoms with Gasteiger partial charge in [0.2, 0.25) is 0 Å². The van der Waals surface area contributed by atoms with Gasteiger partial charge in [-0.25, -0.2) is 4.68 Å². The van der Waals surface area contributed by atoms with Gasteiger partial charge in [0.05, 0.1) is 11.4 Å². The Morgan fingerprint density at radius 3 is 2.54 bits per heavy atom. The van der Waals surface area contributed by atoms with E-state index in [1.165, 1.54) is 4.68 Å². The molecule has 0 radical (unpaired) electrons. The van der Waals surface area contributed by atoms with Crippen molar-refractivity contribution in [1.82, 2.24) is 14.3 Å². The van der Waals surface area contributed by atoms with Crippen molar-refractivity contribution in [2.75, 3.05) is 12.3 Å². The van der Waals surface area contributed by atoms with Gasteiger partial charge in [0.15, 0.2) is 0 Å². The first-order valence-electron chi connectivity index (χ1n) is 8.21. The van der Waals surface area contributed by atoms with Crippen molar-refractivity contribution in [3.8, 4) is 5.69 Å². The standard InChI is InChI=1S/C17H19F3N4O2/c1-22-13(10-12-8-5-9-23(12)16(26)17(18,19)20)14(21)15(25)24(22)11-6-3-2-4-7-11/h2-4,6-7,12H,5,8-10,21H2,1H3/t12-/m1/s1. The summed E-state index contributed by atoms with van der Waals surface area (Å²) < 4.78 is 41.3. The van der Waals surface area contributed by atoms with Crippen molar-refractivity contribution >= 4 is 11.6 Å². The second kappa shape index (κ2) is 6.54. The molecule has 1 saturated heterocycles. The minimum absolute atomic E-state index is 0.0114. The third-order valence-electron chi connectivity index (χ3n) is 4.73. The number of alkyl halides is 3. The summed E-state index contributed by atoms with van der Waals surface area (Å²) >= 11 is 0. The number of para-hydroxylation sites is 1. The van der Waals surface area contributed by atoms with E-state index >= 15 is 0 Å². The van der Waals surface area contributed by atoms with Crippen molar-refractivity contribution in [2.24, 2.45) is 7.05 Å². The molecule has 3 rings (SSSR count). The fourth-order valence-electron chi connectivity index (χ4n) is 3.47. The number of nitrogens with zero attached hydrogens (tertiary/aromatic N) is 3. The fraction of sp³-hybridized carbons (Fsp3) is 0.412. The van der Waals surface area contributed by atoms with E-state index in [-0.39, 0.29) is 18.7 Å². The summed E-state index contributed by atoms with van der Waals surface area (Å²) in [4.78, 5) is 25.0. The van der Waals surface area contributed by atoms with E-state index in [0.717, 1.165) is 4.90 Å². The van der Waals surface area contributed by atoms with Crippen LogP contribution in [0.25, 0.3) is 5.69 Å². The molecule has 1 aromatic carbocycles. The Kier molecular flexibility index (Phi) is 4.55. The predicted octanol–water partition coefficient (Wildman–Crippen LogP) is 1.85. The van der Waals surface area contributed by atoms with Crippen molar-refractivity contribution in [1.29, 1.82) is 0 Å². The molecule has 0 spiro atoms. The van der Waals surface area contributed by atoms with Gasteiger partial charge in [-0.05, 0) is 25.0 Å². The van der Waals surface area contributed by atoms with Crippen LogP contribution in [0.2, 0.25) is 0 Å². The summed E-state index contributed by atoms with van der Waals surface area (Å²) in [5.74, 6) is -1.84. The van der Waals surface area contributed by atoms with Gasteiger partial charge in [0.25, 0.3) is 5.56 Å². The highest BCUT2D eigenvalue weighted by atomic mass is 19.4. The van der Waals surface area contributed by atoms with E-state index in [0.29, 0.717) is 24.2 Å². The van der Waals surface area contributed by atoms with E-state index in [1.54, 1.807) is 42.1 Å². The second-order valence-corrected chi connectivity index (χ2v) is 6.33. The first kappa shape index (κ1) is 18.1. The number of hydrogen-bond donors (Lipinski definition) is 1. The van der Waals surface area contributed by atoms with Crippen molar-refractivity contribution < 1.29 is 18.0 Å². The molecule has 0 saturated carbocycles. The molecule has 1 aromatic heterocycles. The lowest BCUT2D eigenvalue weighted by Gasteiger charge is -2.26. The van der Waals surface area contributed by atoms with Crippen LogP contribution >= 0.6 is 0 Å². The average molecular weight is 368 g/mol. The van der Waals surface area contributed by atoms with Crippen LogP contribution in [0, 0.1) is 0 Å². The molecule has 1 aliphatic heterocycles. The monoisotopic (exact) mass is 368 g/mol. The Morgan fingerprint density at radius 1 is 1.27 bits per heavy atom. The molecule has 0 bridgehead atoms. The van der Waals surface area contributed by atoms with Crippen LogP contribution in [-0.4, -0.2) is 38.9 Å². The number of aromatic nitrogens is 2. The zero-order valence-electron chi connectivity index (χ0n) is 14.2. The minimum Gasteiger partial charge on any atom is -0.393 e. The van der Waals surface area contributed by atoms with Gasteiger partial charge in [-0.3, -0.25) is 14.3 Å². The van der Waals surface area contributed by atoms with Crippen LogP contribution < -0.4 is 11.3 Å². The summed E-state index contributed by atoms with van der Waals surface area (Å²) in [5, 5.41) is 0. The lowest BCUT2D eigenvalue weighted by molar-refractivity contribution is -0.186. The molecule has 1 fully saturated rings. The van der Waals surface area contributed by atoms with Crippen LogP contribution in [0.5, 0.6) is 0 Å². The Labute approximate surface area is 147 Å². The minimum atomic E-state index is -4.91. The van der Waals surface area contributed by atoms with Gasteiger partial charge in [-0.2, -0.15) is 13.2 Å². The molecule has 6 nitrogen and oxygen atoms in total. The lowest BCUT2D eigenvalue weighted by Crippen LogP contribution is -2.44. The molecule has 0 aliphatic carbocycles. The van der Waals surface area contributed by atoms with Crippen LogP contribution in [0.4, 0.5) is 18.9 Å². The van der Waals surface area contributed by atoms with Gasteiger partial charge in [-0.1, -0.05) is 18.2 Å². The number of rotatable bonds is 3. The first-order valence-corrected chi connectivity index (χ1v) is 8.21. The molecule has 9 heteroatoms. The maximum atomic E-state index is 12.8. The average Bonchev–Trinajstić information content (AvgIpc) is 3.13. The number of carbonyl (C=O) groups is 1. The van der Waals surface area contributed by atoms with Crippen LogP contribution in [0.1, 0.15) is 18.5 Å². The number of hydrogen-bond acceptors (Lipinski definition) is 3. The number of amides is 1. The van der Waals surface area contributed by atoms with Crippen molar-refractivity contribution in [3.05, 3.63) is 46.4 Å². The summed E-state index contributed by atoms with van der Waals surface area (Å²) in [6, 6.07) is 8.18. The third-order valence-corrected chi connectivity index (χ3v) is 4.73.